The van der Waals surface area contributed by atoms with Crippen molar-refractivity contribution in [2.45, 2.75) is 81.9 Å². The van der Waals surface area contributed by atoms with E-state index in [4.69, 9.17) is 14.2 Å². The van der Waals surface area contributed by atoms with Crippen LogP contribution in [0.3, 0.4) is 0 Å². The lowest BCUT2D eigenvalue weighted by Gasteiger charge is -2.42. The number of aryl methyl sites for hydroxylation is 3. The predicted octanol–water partition coefficient (Wildman–Crippen LogP) is 4.10. The number of hydrogen-bond acceptors (Lipinski definition) is 7. The molecule has 2 saturated heterocycles. The van der Waals surface area contributed by atoms with Crippen molar-refractivity contribution in [2.75, 3.05) is 53.1 Å². The first kappa shape index (κ1) is 32.9. The van der Waals surface area contributed by atoms with Crippen molar-refractivity contribution >= 4 is 15.9 Å². The average molecular weight is 628 g/mol. The Morgan fingerprint density at radius 3 is 2.34 bits per heavy atom. The maximum Gasteiger partial charge on any atom is 0.246 e. The van der Waals surface area contributed by atoms with E-state index < -0.39 is 10.0 Å². The molecule has 44 heavy (non-hydrogen) atoms. The number of amides is 1. The molecule has 0 aromatic heterocycles. The maximum absolute atomic E-state index is 13.5. The maximum atomic E-state index is 13.5. The molecule has 3 aliphatic rings. The number of nitrogens with one attached hydrogen (secondary N) is 1. The van der Waals surface area contributed by atoms with E-state index in [2.05, 4.69) is 40.5 Å². The molecule has 3 fully saturated rings. The third-order valence-corrected chi connectivity index (χ3v) is 11.8. The second-order valence-corrected chi connectivity index (χ2v) is 14.5. The molecule has 2 aromatic rings. The third kappa shape index (κ3) is 8.20. The van der Waals surface area contributed by atoms with Gasteiger partial charge in [0.1, 0.15) is 12.4 Å². The molecule has 242 valence electrons. The van der Waals surface area contributed by atoms with E-state index in [1.54, 1.807) is 33.1 Å². The zero-order chi connectivity index (χ0) is 31.1. The first-order chi connectivity index (χ1) is 21.2. The first-order valence-electron chi connectivity index (χ1n) is 16.2. The van der Waals surface area contributed by atoms with E-state index in [-0.39, 0.29) is 31.2 Å². The Labute approximate surface area is 263 Å². The lowest BCUT2D eigenvalue weighted by atomic mass is 9.79. The van der Waals surface area contributed by atoms with Crippen molar-refractivity contribution in [1.29, 1.82) is 0 Å². The van der Waals surface area contributed by atoms with E-state index in [1.807, 2.05) is 0 Å². The minimum absolute atomic E-state index is 0.0491. The van der Waals surface area contributed by atoms with Gasteiger partial charge < -0.3 is 19.5 Å². The van der Waals surface area contributed by atoms with Crippen LogP contribution < -0.4 is 10.1 Å². The molecule has 1 aliphatic carbocycles. The van der Waals surface area contributed by atoms with Crippen LogP contribution in [0.15, 0.2) is 47.4 Å². The number of methoxy groups -OCH3 is 1. The quantitative estimate of drug-likeness (QED) is 0.379. The highest BCUT2D eigenvalue weighted by Crippen LogP contribution is 2.33. The number of morpholine rings is 1. The number of ether oxygens (including phenoxy) is 3. The zero-order valence-corrected chi connectivity index (χ0v) is 27.3. The van der Waals surface area contributed by atoms with Gasteiger partial charge in [0.05, 0.1) is 31.3 Å². The van der Waals surface area contributed by atoms with Gasteiger partial charge in [-0.1, -0.05) is 30.3 Å². The van der Waals surface area contributed by atoms with Crippen LogP contribution in [0, 0.1) is 19.8 Å². The van der Waals surface area contributed by atoms with Crippen LogP contribution in [0.25, 0.3) is 0 Å². The fourth-order valence-electron chi connectivity index (χ4n) is 7.31. The minimum Gasteiger partial charge on any atom is -0.497 e. The van der Waals surface area contributed by atoms with Crippen LogP contribution in [0.2, 0.25) is 0 Å². The SMILES string of the molecule is COc1cc(C)c(S(=O)(=O)N2CCC(OCC(=O)NC3CCC(C(CCc4ccccc4)N4CCOCC4)CC3)C2)c(C)c1. The Kier molecular flexibility index (Phi) is 11.4. The van der Waals surface area contributed by atoms with Crippen molar-refractivity contribution in [3.8, 4) is 5.75 Å². The lowest BCUT2D eigenvalue weighted by molar-refractivity contribution is -0.128. The van der Waals surface area contributed by atoms with Gasteiger partial charge in [-0.2, -0.15) is 4.31 Å². The smallest absolute Gasteiger partial charge is 0.246 e. The van der Waals surface area contributed by atoms with Crippen molar-refractivity contribution in [2.24, 2.45) is 5.92 Å². The summed E-state index contributed by atoms with van der Waals surface area (Å²) in [5.41, 5.74) is 2.71. The summed E-state index contributed by atoms with van der Waals surface area (Å²) >= 11 is 0. The monoisotopic (exact) mass is 627 g/mol. The molecule has 1 N–H and O–H groups in total. The standard InChI is InChI=1S/C34H49N3O6S/c1-25-21-31(41-3)22-26(2)34(25)44(39,40)37-16-15-30(23-37)43-24-33(38)35-29-12-10-28(11-13-29)32(36-17-19-42-20-18-36)14-9-27-7-5-4-6-8-27/h4-8,21-22,28-30,32H,9-20,23-24H2,1-3H3,(H,35,38). The van der Waals surface area contributed by atoms with Crippen LogP contribution in [-0.4, -0.2) is 94.8 Å². The summed E-state index contributed by atoms with van der Waals surface area (Å²) in [6.07, 6.45) is 6.63. The molecule has 2 aromatic carbocycles. The molecule has 2 atom stereocenters. The fraction of sp³-hybridized carbons (Fsp3) is 0.618. The summed E-state index contributed by atoms with van der Waals surface area (Å²) in [7, 11) is -2.10. The van der Waals surface area contributed by atoms with Crippen molar-refractivity contribution in [3.63, 3.8) is 0 Å². The molecular formula is C34H49N3O6S. The Hall–Kier alpha value is -2.50. The molecule has 0 bridgehead atoms. The third-order valence-electron chi connectivity index (χ3n) is 9.59. The molecule has 2 unspecified atom stereocenters. The number of benzene rings is 2. The lowest BCUT2D eigenvalue weighted by Crippen LogP contribution is -2.49. The molecule has 0 spiro atoms. The second kappa shape index (κ2) is 15.2. The van der Waals surface area contributed by atoms with E-state index in [0.717, 1.165) is 64.8 Å². The molecule has 2 aliphatic heterocycles. The van der Waals surface area contributed by atoms with Crippen LogP contribution in [0.4, 0.5) is 0 Å². The predicted molar refractivity (Wildman–Crippen MR) is 170 cm³/mol. The highest BCUT2D eigenvalue weighted by Gasteiger charge is 2.36. The normalized spacial score (nSPS) is 24.2. The molecule has 5 rings (SSSR count). The van der Waals surface area contributed by atoms with Crippen LogP contribution in [-0.2, 0) is 30.7 Å². The molecule has 0 radical (unpaired) electrons. The topological polar surface area (TPSA) is 97.4 Å². The number of hydrogen-bond donors (Lipinski definition) is 1. The van der Waals surface area contributed by atoms with Gasteiger partial charge in [-0.05, 0) is 93.5 Å². The molecule has 9 nitrogen and oxygen atoms in total. The van der Waals surface area contributed by atoms with Crippen LogP contribution in [0.5, 0.6) is 5.75 Å². The molecule has 2 heterocycles. The number of nitrogens with zero attached hydrogens (tertiary/aromatic N) is 2. The molecule has 1 saturated carbocycles. The second-order valence-electron chi connectivity index (χ2n) is 12.6. The number of rotatable bonds is 12. The fourth-order valence-corrected chi connectivity index (χ4v) is 9.21. The summed E-state index contributed by atoms with van der Waals surface area (Å²) < 4.78 is 45.2. The van der Waals surface area contributed by atoms with Gasteiger partial charge >= 0.3 is 0 Å². The zero-order valence-electron chi connectivity index (χ0n) is 26.5. The molecular weight excluding hydrogens is 578 g/mol. The average Bonchev–Trinajstić information content (AvgIpc) is 3.52. The summed E-state index contributed by atoms with van der Waals surface area (Å²) in [5, 5.41) is 3.19. The highest BCUT2D eigenvalue weighted by atomic mass is 32.2. The Morgan fingerprint density at radius 1 is 1.00 bits per heavy atom. The van der Waals surface area contributed by atoms with Gasteiger partial charge in [0.15, 0.2) is 0 Å². The Morgan fingerprint density at radius 2 is 1.68 bits per heavy atom. The first-order valence-corrected chi connectivity index (χ1v) is 17.6. The molecule has 10 heteroatoms. The molecule has 1 amide bonds. The number of carbonyl (C=O) groups is 1. The van der Waals surface area contributed by atoms with Gasteiger partial charge in [0.25, 0.3) is 0 Å². The van der Waals surface area contributed by atoms with Crippen LogP contribution >= 0.6 is 0 Å². The Bertz CT molecular complexity index is 1320. The van der Waals surface area contributed by atoms with Crippen molar-refractivity contribution < 1.29 is 27.4 Å². The summed E-state index contributed by atoms with van der Waals surface area (Å²) in [5.74, 6) is 1.14. The van der Waals surface area contributed by atoms with Crippen LogP contribution in [0.1, 0.15) is 55.2 Å². The summed E-state index contributed by atoms with van der Waals surface area (Å²) in [4.78, 5) is 15.8. The summed E-state index contributed by atoms with van der Waals surface area (Å²) in [6.45, 7) is 7.74. The van der Waals surface area contributed by atoms with Gasteiger partial charge in [-0.3, -0.25) is 9.69 Å². The number of sulfonamides is 1. The summed E-state index contributed by atoms with van der Waals surface area (Å²) in [6, 6.07) is 14.9. The van der Waals surface area contributed by atoms with Crippen molar-refractivity contribution in [3.05, 3.63) is 59.2 Å². The van der Waals surface area contributed by atoms with Gasteiger partial charge in [-0.25, -0.2) is 8.42 Å². The van der Waals surface area contributed by atoms with E-state index in [1.165, 1.54) is 9.87 Å². The van der Waals surface area contributed by atoms with Crippen molar-refractivity contribution in [1.82, 2.24) is 14.5 Å². The largest absolute Gasteiger partial charge is 0.497 e. The van der Waals surface area contributed by atoms with E-state index in [0.29, 0.717) is 46.7 Å². The minimum atomic E-state index is -3.67. The van der Waals surface area contributed by atoms with Gasteiger partial charge in [0, 0.05) is 38.3 Å². The highest BCUT2D eigenvalue weighted by molar-refractivity contribution is 7.89. The Balaban J connectivity index is 1.07. The van der Waals surface area contributed by atoms with E-state index in [9.17, 15) is 13.2 Å². The van der Waals surface area contributed by atoms with Gasteiger partial charge in [-0.15, -0.1) is 0 Å². The number of carbonyl (C=O) groups excluding carboxylic acids is 1. The van der Waals surface area contributed by atoms with Gasteiger partial charge in [0.2, 0.25) is 15.9 Å². The van der Waals surface area contributed by atoms with E-state index >= 15 is 0 Å².